The second-order valence-electron chi connectivity index (χ2n) is 6.39. The Kier molecular flexibility index (Phi) is 6.18. The first-order valence-corrected chi connectivity index (χ1v) is 9.11. The maximum absolute atomic E-state index is 6.06. The summed E-state index contributed by atoms with van der Waals surface area (Å²) < 4.78 is 17.1. The van der Waals surface area contributed by atoms with Gasteiger partial charge in [-0.05, 0) is 54.8 Å². The summed E-state index contributed by atoms with van der Waals surface area (Å²) in [6.45, 7) is 4.72. The molecule has 4 heteroatoms. The van der Waals surface area contributed by atoms with Crippen molar-refractivity contribution < 1.29 is 14.2 Å². The summed E-state index contributed by atoms with van der Waals surface area (Å²) in [7, 11) is 0. The number of hydrogen-bond donors (Lipinski definition) is 1. The first kappa shape index (κ1) is 17.6. The van der Waals surface area contributed by atoms with Crippen molar-refractivity contribution in [1.29, 1.82) is 0 Å². The number of ether oxygens (including phenoxy) is 3. The van der Waals surface area contributed by atoms with Gasteiger partial charge in [-0.15, -0.1) is 0 Å². The van der Waals surface area contributed by atoms with E-state index in [1.807, 2.05) is 18.2 Å². The molecule has 0 aromatic heterocycles. The van der Waals surface area contributed by atoms with Crippen LogP contribution in [0.4, 0.5) is 0 Å². The molecule has 1 aliphatic rings. The molecule has 134 valence electrons. The van der Waals surface area contributed by atoms with Gasteiger partial charge in [0.05, 0.1) is 6.61 Å². The number of fused-ring (bicyclic) bond motifs is 1. The van der Waals surface area contributed by atoms with Crippen LogP contribution in [0.2, 0.25) is 0 Å². The zero-order valence-electron chi connectivity index (χ0n) is 14.9. The van der Waals surface area contributed by atoms with Crippen molar-refractivity contribution in [3.05, 3.63) is 53.6 Å². The Bertz CT molecular complexity index is 687. The molecule has 4 nitrogen and oxygen atoms in total. The van der Waals surface area contributed by atoms with Crippen molar-refractivity contribution in [1.82, 2.24) is 0 Å². The van der Waals surface area contributed by atoms with E-state index in [2.05, 4.69) is 31.2 Å². The molecule has 0 bridgehead atoms. The summed E-state index contributed by atoms with van der Waals surface area (Å²) in [5.41, 5.74) is 8.48. The predicted octanol–water partition coefficient (Wildman–Crippen LogP) is 3.92. The highest BCUT2D eigenvalue weighted by molar-refractivity contribution is 5.45. The summed E-state index contributed by atoms with van der Waals surface area (Å²) in [6, 6.07) is 14.5. The van der Waals surface area contributed by atoms with E-state index in [1.165, 1.54) is 11.1 Å². The van der Waals surface area contributed by atoms with Crippen molar-refractivity contribution in [3.8, 4) is 17.2 Å². The lowest BCUT2D eigenvalue weighted by atomic mass is 9.91. The van der Waals surface area contributed by atoms with Gasteiger partial charge in [-0.3, -0.25) is 0 Å². The molecule has 25 heavy (non-hydrogen) atoms. The van der Waals surface area contributed by atoms with Gasteiger partial charge in [0.1, 0.15) is 19.0 Å². The average Bonchev–Trinajstić information content (AvgIpc) is 2.66. The summed E-state index contributed by atoms with van der Waals surface area (Å²) >= 11 is 0. The van der Waals surface area contributed by atoms with Crippen molar-refractivity contribution in [3.63, 3.8) is 0 Å². The molecule has 0 fully saturated rings. The van der Waals surface area contributed by atoms with Crippen molar-refractivity contribution in [2.45, 2.75) is 32.1 Å². The second-order valence-corrected chi connectivity index (χ2v) is 6.39. The molecule has 0 spiro atoms. The largest absolute Gasteiger partial charge is 0.494 e. The molecule has 0 saturated carbocycles. The smallest absolute Gasteiger partial charge is 0.161 e. The van der Waals surface area contributed by atoms with E-state index in [0.717, 1.165) is 43.1 Å². The van der Waals surface area contributed by atoms with Crippen LogP contribution in [0.5, 0.6) is 17.2 Å². The van der Waals surface area contributed by atoms with Crippen molar-refractivity contribution in [2.24, 2.45) is 5.73 Å². The van der Waals surface area contributed by atoms with Crippen molar-refractivity contribution in [2.75, 3.05) is 26.4 Å². The zero-order chi connectivity index (χ0) is 17.5. The minimum absolute atomic E-state index is 0.238. The van der Waals surface area contributed by atoms with Crippen molar-refractivity contribution >= 4 is 0 Å². The summed E-state index contributed by atoms with van der Waals surface area (Å²) in [5, 5.41) is 0. The summed E-state index contributed by atoms with van der Waals surface area (Å²) in [4.78, 5) is 0. The molecule has 0 saturated heterocycles. The third kappa shape index (κ3) is 4.67. The molecule has 2 N–H and O–H groups in total. The van der Waals surface area contributed by atoms with Gasteiger partial charge in [0, 0.05) is 5.92 Å². The van der Waals surface area contributed by atoms with Gasteiger partial charge in [-0.1, -0.05) is 31.5 Å². The Balaban J connectivity index is 1.70. The Morgan fingerprint density at radius 1 is 1.08 bits per heavy atom. The first-order valence-electron chi connectivity index (χ1n) is 9.11. The Hall–Kier alpha value is -2.20. The fourth-order valence-electron chi connectivity index (χ4n) is 3.03. The number of nitrogens with two attached hydrogens (primary N) is 1. The van der Waals surface area contributed by atoms with Crippen LogP contribution in [0.15, 0.2) is 42.5 Å². The molecular formula is C21H27NO3. The molecule has 2 aromatic rings. The van der Waals surface area contributed by atoms with E-state index in [4.69, 9.17) is 19.9 Å². The van der Waals surface area contributed by atoms with E-state index in [-0.39, 0.29) is 5.92 Å². The monoisotopic (exact) mass is 341 g/mol. The third-order valence-corrected chi connectivity index (χ3v) is 4.47. The van der Waals surface area contributed by atoms with Crippen LogP contribution in [0.3, 0.4) is 0 Å². The van der Waals surface area contributed by atoms with Crippen LogP contribution in [0, 0.1) is 0 Å². The quantitative estimate of drug-likeness (QED) is 0.739. The molecule has 3 rings (SSSR count). The second kappa shape index (κ2) is 8.77. The molecule has 0 radical (unpaired) electrons. The summed E-state index contributed by atoms with van der Waals surface area (Å²) in [6.07, 6.45) is 3.09. The highest BCUT2D eigenvalue weighted by Crippen LogP contribution is 2.34. The van der Waals surface area contributed by atoms with E-state index in [0.29, 0.717) is 19.8 Å². The van der Waals surface area contributed by atoms with E-state index in [1.54, 1.807) is 0 Å². The molecular weight excluding hydrogens is 314 g/mol. The van der Waals surface area contributed by atoms with Gasteiger partial charge >= 0.3 is 0 Å². The predicted molar refractivity (Wildman–Crippen MR) is 99.8 cm³/mol. The van der Waals surface area contributed by atoms with E-state index < -0.39 is 0 Å². The van der Waals surface area contributed by atoms with Crippen LogP contribution in [-0.4, -0.2) is 26.4 Å². The Morgan fingerprint density at radius 2 is 1.92 bits per heavy atom. The highest BCUT2D eigenvalue weighted by atomic mass is 16.6. The topological polar surface area (TPSA) is 53.7 Å². The zero-order valence-corrected chi connectivity index (χ0v) is 14.9. The first-order chi connectivity index (χ1) is 12.3. The fraction of sp³-hybridized carbons (Fsp3) is 0.429. The van der Waals surface area contributed by atoms with E-state index >= 15 is 0 Å². The molecule has 1 heterocycles. The standard InChI is InChI=1S/C21H27NO3/c1-2-3-9-23-19-6-4-5-16(13-19)12-18(15-22)17-7-8-20-21(14-17)25-11-10-24-20/h4-8,13-14,18H,2-3,9-12,15,22H2,1H3. The van der Waals surface area contributed by atoms with Gasteiger partial charge in [-0.2, -0.15) is 0 Å². The van der Waals surface area contributed by atoms with Crippen LogP contribution >= 0.6 is 0 Å². The SMILES string of the molecule is CCCCOc1cccc(CC(CN)c2ccc3c(c2)OCCO3)c1. The molecule has 1 atom stereocenters. The average molecular weight is 341 g/mol. The van der Waals surface area contributed by atoms with Gasteiger partial charge < -0.3 is 19.9 Å². The van der Waals surface area contributed by atoms with Gasteiger partial charge in [0.15, 0.2) is 11.5 Å². The molecule has 2 aromatic carbocycles. The van der Waals surface area contributed by atoms with Gasteiger partial charge in [-0.25, -0.2) is 0 Å². The highest BCUT2D eigenvalue weighted by Gasteiger charge is 2.17. The third-order valence-electron chi connectivity index (χ3n) is 4.47. The number of hydrogen-bond acceptors (Lipinski definition) is 4. The Labute approximate surface area is 149 Å². The lowest BCUT2D eigenvalue weighted by molar-refractivity contribution is 0.171. The van der Waals surface area contributed by atoms with Crippen LogP contribution in [0.25, 0.3) is 0 Å². The number of benzene rings is 2. The summed E-state index contributed by atoms with van der Waals surface area (Å²) in [5.74, 6) is 2.81. The van der Waals surface area contributed by atoms with Crippen LogP contribution < -0.4 is 19.9 Å². The van der Waals surface area contributed by atoms with Crippen LogP contribution in [0.1, 0.15) is 36.8 Å². The number of unbranched alkanes of at least 4 members (excludes halogenated alkanes) is 1. The molecule has 0 amide bonds. The lowest BCUT2D eigenvalue weighted by Crippen LogP contribution is -2.18. The maximum Gasteiger partial charge on any atom is 0.161 e. The molecule has 1 unspecified atom stereocenters. The normalized spacial score (nSPS) is 14.2. The van der Waals surface area contributed by atoms with Gasteiger partial charge in [0.25, 0.3) is 0 Å². The fourth-order valence-corrected chi connectivity index (χ4v) is 3.03. The minimum Gasteiger partial charge on any atom is -0.494 e. The number of rotatable bonds is 8. The maximum atomic E-state index is 6.06. The van der Waals surface area contributed by atoms with Gasteiger partial charge in [0.2, 0.25) is 0 Å². The molecule has 0 aliphatic carbocycles. The van der Waals surface area contributed by atoms with Crippen LogP contribution in [-0.2, 0) is 6.42 Å². The van der Waals surface area contributed by atoms with E-state index in [9.17, 15) is 0 Å². The molecule has 1 aliphatic heterocycles. The lowest BCUT2D eigenvalue weighted by Gasteiger charge is -2.22. The minimum atomic E-state index is 0.238. The Morgan fingerprint density at radius 3 is 2.72 bits per heavy atom.